The lowest BCUT2D eigenvalue weighted by Crippen LogP contribution is -3.13. The standard InChI is InChI=1S/C17H19BrN4OS/c1-11-19-17-22(20-11)16(23)15(24-17)14(21-8-3-2-4-9-21)12-6-5-7-13(18)10-12/h5-7,10,14,23H,2-4,8-9H2,1H3/p+1/t14-/m1/s1. The van der Waals surface area contributed by atoms with Crippen molar-refractivity contribution < 1.29 is 10.0 Å². The Kier molecular flexibility index (Phi) is 4.32. The quantitative estimate of drug-likeness (QED) is 0.701. The summed E-state index contributed by atoms with van der Waals surface area (Å²) in [6.45, 7) is 4.10. The molecular weight excluding hydrogens is 388 g/mol. The fourth-order valence-corrected chi connectivity index (χ4v) is 5.19. The third kappa shape index (κ3) is 2.85. The van der Waals surface area contributed by atoms with Gasteiger partial charge < -0.3 is 10.0 Å². The molecule has 0 spiro atoms. The van der Waals surface area contributed by atoms with Crippen molar-refractivity contribution in [3.63, 3.8) is 0 Å². The van der Waals surface area contributed by atoms with Crippen LogP contribution in [0.5, 0.6) is 5.88 Å². The molecule has 3 heterocycles. The maximum Gasteiger partial charge on any atom is 0.235 e. The van der Waals surface area contributed by atoms with Gasteiger partial charge in [-0.25, -0.2) is 4.98 Å². The van der Waals surface area contributed by atoms with Crippen molar-refractivity contribution in [3.05, 3.63) is 45.0 Å². The van der Waals surface area contributed by atoms with Gasteiger partial charge >= 0.3 is 0 Å². The molecule has 1 fully saturated rings. The van der Waals surface area contributed by atoms with Crippen LogP contribution in [0, 0.1) is 6.92 Å². The number of rotatable bonds is 3. The van der Waals surface area contributed by atoms with Crippen LogP contribution in [0.15, 0.2) is 28.7 Å². The molecule has 5 nitrogen and oxygen atoms in total. The average Bonchev–Trinajstić information content (AvgIpc) is 3.07. The first-order valence-corrected chi connectivity index (χ1v) is 9.89. The Morgan fingerprint density at radius 2 is 2.08 bits per heavy atom. The molecule has 24 heavy (non-hydrogen) atoms. The molecule has 1 atom stereocenters. The van der Waals surface area contributed by atoms with E-state index in [0.29, 0.717) is 5.82 Å². The van der Waals surface area contributed by atoms with Crippen LogP contribution in [0.1, 0.15) is 41.6 Å². The van der Waals surface area contributed by atoms with E-state index in [1.165, 1.54) is 29.7 Å². The number of nitrogens with zero attached hydrogens (tertiary/aromatic N) is 3. The summed E-state index contributed by atoms with van der Waals surface area (Å²) in [5.41, 5.74) is 1.22. The number of hydrogen-bond acceptors (Lipinski definition) is 4. The highest BCUT2D eigenvalue weighted by Gasteiger charge is 2.33. The lowest BCUT2D eigenvalue weighted by molar-refractivity contribution is -0.930. The van der Waals surface area contributed by atoms with E-state index in [-0.39, 0.29) is 11.9 Å². The Morgan fingerprint density at radius 1 is 1.29 bits per heavy atom. The molecule has 1 aliphatic rings. The highest BCUT2D eigenvalue weighted by atomic mass is 79.9. The number of hydrogen-bond donors (Lipinski definition) is 2. The monoisotopic (exact) mass is 407 g/mol. The molecule has 2 N–H and O–H groups in total. The number of nitrogens with one attached hydrogen (secondary N) is 1. The molecule has 0 saturated carbocycles. The molecule has 126 valence electrons. The molecule has 0 unspecified atom stereocenters. The summed E-state index contributed by atoms with van der Waals surface area (Å²) in [6, 6.07) is 8.54. The number of piperidine rings is 1. The topological polar surface area (TPSA) is 54.9 Å². The van der Waals surface area contributed by atoms with Crippen LogP contribution >= 0.6 is 27.3 Å². The second kappa shape index (κ2) is 6.46. The van der Waals surface area contributed by atoms with Crippen molar-refractivity contribution >= 4 is 32.2 Å². The van der Waals surface area contributed by atoms with Crippen LogP contribution in [-0.4, -0.2) is 32.8 Å². The van der Waals surface area contributed by atoms with Crippen LogP contribution < -0.4 is 4.90 Å². The number of likely N-dealkylation sites (tertiary alicyclic amines) is 1. The van der Waals surface area contributed by atoms with Crippen LogP contribution in [-0.2, 0) is 0 Å². The lowest BCUT2D eigenvalue weighted by atomic mass is 10.0. The molecule has 1 saturated heterocycles. The van der Waals surface area contributed by atoms with Gasteiger partial charge in [0.25, 0.3) is 0 Å². The number of aromatic nitrogens is 3. The number of thiazole rings is 1. The number of aromatic hydroxyl groups is 1. The van der Waals surface area contributed by atoms with Crippen molar-refractivity contribution in [2.75, 3.05) is 13.1 Å². The van der Waals surface area contributed by atoms with Crippen molar-refractivity contribution in [2.45, 2.75) is 32.2 Å². The van der Waals surface area contributed by atoms with E-state index in [1.807, 2.05) is 13.0 Å². The molecule has 0 aliphatic carbocycles. The van der Waals surface area contributed by atoms with Crippen molar-refractivity contribution in [3.8, 4) is 5.88 Å². The van der Waals surface area contributed by atoms with Crippen molar-refractivity contribution in [1.82, 2.24) is 14.6 Å². The number of quaternary nitrogens is 1. The first kappa shape index (κ1) is 16.1. The summed E-state index contributed by atoms with van der Waals surface area (Å²) in [5.74, 6) is 0.922. The Balaban J connectivity index is 1.84. The Labute approximate surface area is 153 Å². The van der Waals surface area contributed by atoms with Gasteiger partial charge in [-0.05, 0) is 38.3 Å². The van der Waals surface area contributed by atoms with E-state index >= 15 is 0 Å². The number of halogens is 1. The average molecular weight is 408 g/mol. The maximum absolute atomic E-state index is 10.8. The zero-order valence-corrected chi connectivity index (χ0v) is 15.9. The zero-order chi connectivity index (χ0) is 16.7. The highest BCUT2D eigenvalue weighted by molar-refractivity contribution is 9.10. The largest absolute Gasteiger partial charge is 0.492 e. The lowest BCUT2D eigenvalue weighted by Gasteiger charge is -2.31. The number of aryl methyl sites for hydroxylation is 1. The molecule has 0 radical (unpaired) electrons. The van der Waals surface area contributed by atoms with Crippen molar-refractivity contribution in [1.29, 1.82) is 0 Å². The minimum atomic E-state index is 0.122. The molecule has 0 amide bonds. The Hall–Kier alpha value is -1.44. The van der Waals surface area contributed by atoms with Crippen molar-refractivity contribution in [2.24, 2.45) is 0 Å². The van der Waals surface area contributed by atoms with Crippen LogP contribution in [0.25, 0.3) is 4.96 Å². The van der Waals surface area contributed by atoms with E-state index in [0.717, 1.165) is 27.4 Å². The molecular formula is C17H20BrN4OS+. The molecule has 3 aromatic rings. The maximum atomic E-state index is 10.8. The summed E-state index contributed by atoms with van der Waals surface area (Å²) in [7, 11) is 0. The molecule has 7 heteroatoms. The zero-order valence-electron chi connectivity index (χ0n) is 13.5. The minimum Gasteiger partial charge on any atom is -0.492 e. The summed E-state index contributed by atoms with van der Waals surface area (Å²) in [5, 5.41) is 15.1. The summed E-state index contributed by atoms with van der Waals surface area (Å²) in [6.07, 6.45) is 3.77. The van der Waals surface area contributed by atoms with Gasteiger partial charge in [-0.2, -0.15) is 4.52 Å². The number of fused-ring (bicyclic) bond motifs is 1. The van der Waals surface area contributed by atoms with Crippen LogP contribution in [0.4, 0.5) is 0 Å². The Morgan fingerprint density at radius 3 is 2.79 bits per heavy atom. The second-order valence-corrected chi connectivity index (χ2v) is 8.28. The normalized spacial score (nSPS) is 17.4. The predicted molar refractivity (Wildman–Crippen MR) is 97.8 cm³/mol. The second-order valence-electron chi connectivity index (χ2n) is 6.35. The Bertz CT molecular complexity index is 869. The number of benzene rings is 1. The van der Waals surface area contributed by atoms with Gasteiger partial charge in [0, 0.05) is 10.0 Å². The minimum absolute atomic E-state index is 0.122. The third-order valence-corrected chi connectivity index (χ3v) is 6.23. The van der Waals surface area contributed by atoms with E-state index in [2.05, 4.69) is 44.2 Å². The molecule has 4 rings (SSSR count). The van der Waals surface area contributed by atoms with Gasteiger partial charge in [0.2, 0.25) is 10.8 Å². The van der Waals surface area contributed by atoms with E-state index in [9.17, 15) is 5.11 Å². The molecule has 2 aromatic heterocycles. The first-order valence-electron chi connectivity index (χ1n) is 8.28. The summed E-state index contributed by atoms with van der Waals surface area (Å²) in [4.78, 5) is 7.65. The van der Waals surface area contributed by atoms with Crippen LogP contribution in [0.3, 0.4) is 0 Å². The molecule has 0 bridgehead atoms. The first-order chi connectivity index (χ1) is 11.6. The smallest absolute Gasteiger partial charge is 0.235 e. The summed E-state index contributed by atoms with van der Waals surface area (Å²) >= 11 is 5.13. The SMILES string of the molecule is Cc1nc2sc([C@@H](c3cccc(Br)c3)[NH+]3CCCCC3)c(O)n2n1. The molecule has 1 aliphatic heterocycles. The fourth-order valence-electron chi connectivity index (χ4n) is 3.59. The van der Waals surface area contributed by atoms with Gasteiger partial charge in [0.05, 0.1) is 13.1 Å². The van der Waals surface area contributed by atoms with E-state index in [4.69, 9.17) is 0 Å². The van der Waals surface area contributed by atoms with E-state index in [1.54, 1.807) is 15.9 Å². The summed E-state index contributed by atoms with van der Waals surface area (Å²) < 4.78 is 2.64. The van der Waals surface area contributed by atoms with Crippen LogP contribution in [0.2, 0.25) is 0 Å². The van der Waals surface area contributed by atoms with Gasteiger partial charge in [-0.1, -0.05) is 39.4 Å². The molecule has 1 aromatic carbocycles. The van der Waals surface area contributed by atoms with Gasteiger partial charge in [0.15, 0.2) is 6.04 Å². The van der Waals surface area contributed by atoms with E-state index < -0.39 is 0 Å². The third-order valence-electron chi connectivity index (χ3n) is 4.65. The highest BCUT2D eigenvalue weighted by Crippen LogP contribution is 2.35. The predicted octanol–water partition coefficient (Wildman–Crippen LogP) is 2.73. The van der Waals surface area contributed by atoms with Gasteiger partial charge in [-0.3, -0.25) is 0 Å². The van der Waals surface area contributed by atoms with Gasteiger partial charge in [-0.15, -0.1) is 5.10 Å². The van der Waals surface area contributed by atoms with Gasteiger partial charge in [0.1, 0.15) is 10.7 Å². The fraction of sp³-hybridized carbons (Fsp3) is 0.412.